The Hall–Kier alpha value is -3.30. The van der Waals surface area contributed by atoms with Crippen LogP contribution in [0, 0.1) is 6.92 Å². The van der Waals surface area contributed by atoms with E-state index in [0.717, 1.165) is 11.1 Å². The van der Waals surface area contributed by atoms with Gasteiger partial charge in [-0.25, -0.2) is 0 Å². The highest BCUT2D eigenvalue weighted by Gasteiger charge is 2.14. The molecule has 164 valence electrons. The fourth-order valence-electron chi connectivity index (χ4n) is 3.07. The lowest BCUT2D eigenvalue weighted by Gasteiger charge is -2.09. The Morgan fingerprint density at radius 3 is 2.69 bits per heavy atom. The van der Waals surface area contributed by atoms with E-state index in [4.69, 9.17) is 21.1 Å². The first-order valence-electron chi connectivity index (χ1n) is 9.62. The highest BCUT2D eigenvalue weighted by atomic mass is 35.5. The van der Waals surface area contributed by atoms with Crippen LogP contribution in [0.2, 0.25) is 5.02 Å². The van der Waals surface area contributed by atoms with E-state index in [1.165, 1.54) is 11.8 Å². The van der Waals surface area contributed by atoms with Gasteiger partial charge in [-0.3, -0.25) is 4.79 Å². The van der Waals surface area contributed by atoms with Crippen LogP contribution in [0.15, 0.2) is 53.6 Å². The Morgan fingerprint density at radius 2 is 1.91 bits per heavy atom. The van der Waals surface area contributed by atoms with Gasteiger partial charge in [0.2, 0.25) is 5.91 Å². The van der Waals surface area contributed by atoms with Gasteiger partial charge in [-0.15, -0.1) is 10.2 Å². The van der Waals surface area contributed by atoms with Gasteiger partial charge in [0.05, 0.1) is 20.0 Å². The predicted molar refractivity (Wildman–Crippen MR) is 125 cm³/mol. The zero-order chi connectivity index (χ0) is 22.7. The number of rotatable bonds is 7. The summed E-state index contributed by atoms with van der Waals surface area (Å²) in [6, 6.07) is 14.5. The molecule has 0 aliphatic heterocycles. The monoisotopic (exact) mass is 469 g/mol. The second kappa shape index (κ2) is 9.46. The van der Waals surface area contributed by atoms with E-state index in [1.807, 2.05) is 37.3 Å². The molecule has 0 unspecified atom stereocenters. The van der Waals surface area contributed by atoms with Gasteiger partial charge in [0.1, 0.15) is 5.03 Å². The molecule has 4 rings (SSSR count). The van der Waals surface area contributed by atoms with Gasteiger partial charge in [-0.05, 0) is 55.0 Å². The fraction of sp³-hybridized carbons (Fsp3) is 0.182. The summed E-state index contributed by atoms with van der Waals surface area (Å²) < 4.78 is 12.3. The maximum atomic E-state index is 12.4. The van der Waals surface area contributed by atoms with Crippen LogP contribution < -0.4 is 14.8 Å². The van der Waals surface area contributed by atoms with E-state index in [2.05, 4.69) is 20.6 Å². The largest absolute Gasteiger partial charge is 0.493 e. The van der Waals surface area contributed by atoms with Crippen molar-refractivity contribution in [2.75, 3.05) is 25.3 Å². The topological polar surface area (TPSA) is 90.6 Å². The van der Waals surface area contributed by atoms with Gasteiger partial charge in [-0.1, -0.05) is 29.4 Å². The van der Waals surface area contributed by atoms with Crippen molar-refractivity contribution in [2.24, 2.45) is 0 Å². The number of carbonyl (C=O) groups excluding carboxylic acids is 1. The van der Waals surface area contributed by atoms with E-state index >= 15 is 0 Å². The van der Waals surface area contributed by atoms with E-state index in [9.17, 15) is 4.79 Å². The van der Waals surface area contributed by atoms with Crippen molar-refractivity contribution in [3.63, 3.8) is 0 Å². The molecule has 0 fully saturated rings. The smallest absolute Gasteiger partial charge is 0.234 e. The van der Waals surface area contributed by atoms with Crippen LogP contribution in [0.5, 0.6) is 11.5 Å². The number of nitrogens with one attached hydrogen (secondary N) is 1. The molecule has 0 saturated carbocycles. The second-order valence-electron chi connectivity index (χ2n) is 6.78. The SMILES string of the molecule is COc1ccc(-c2nnc3ccc(SCC(=O)Nc4cccc(Cl)c4C)nn23)cc1OC. The number of carbonyl (C=O) groups is 1. The third kappa shape index (κ3) is 4.49. The number of anilines is 1. The molecule has 0 saturated heterocycles. The lowest BCUT2D eigenvalue weighted by molar-refractivity contribution is -0.113. The molecule has 0 aliphatic rings. The Morgan fingerprint density at radius 1 is 1.09 bits per heavy atom. The first kappa shape index (κ1) is 21.9. The number of hydrogen-bond acceptors (Lipinski definition) is 7. The van der Waals surface area contributed by atoms with Gasteiger partial charge in [0.15, 0.2) is 23.0 Å². The number of aromatic nitrogens is 4. The Kier molecular flexibility index (Phi) is 6.48. The summed E-state index contributed by atoms with van der Waals surface area (Å²) >= 11 is 7.44. The van der Waals surface area contributed by atoms with Crippen molar-refractivity contribution >= 4 is 40.6 Å². The molecule has 0 bridgehead atoms. The van der Waals surface area contributed by atoms with Crippen molar-refractivity contribution in [2.45, 2.75) is 11.9 Å². The van der Waals surface area contributed by atoms with Crippen LogP contribution in [0.3, 0.4) is 0 Å². The minimum Gasteiger partial charge on any atom is -0.493 e. The Balaban J connectivity index is 1.53. The van der Waals surface area contributed by atoms with Crippen molar-refractivity contribution in [1.29, 1.82) is 0 Å². The third-order valence-electron chi connectivity index (χ3n) is 4.77. The molecular weight excluding hydrogens is 450 g/mol. The van der Waals surface area contributed by atoms with Crippen LogP contribution in [-0.2, 0) is 4.79 Å². The molecular formula is C22H20ClN5O3S. The van der Waals surface area contributed by atoms with Crippen molar-refractivity contribution in [3.05, 3.63) is 59.1 Å². The van der Waals surface area contributed by atoms with Crippen LogP contribution in [0.1, 0.15) is 5.56 Å². The van der Waals surface area contributed by atoms with Gasteiger partial charge in [0, 0.05) is 16.3 Å². The molecule has 2 heterocycles. The van der Waals surface area contributed by atoms with Gasteiger partial charge in [0.25, 0.3) is 0 Å². The Labute approximate surface area is 193 Å². The summed E-state index contributed by atoms with van der Waals surface area (Å²) in [7, 11) is 3.16. The maximum absolute atomic E-state index is 12.4. The second-order valence-corrected chi connectivity index (χ2v) is 8.19. The van der Waals surface area contributed by atoms with E-state index < -0.39 is 0 Å². The molecule has 0 atom stereocenters. The molecule has 2 aromatic heterocycles. The molecule has 0 spiro atoms. The van der Waals surface area contributed by atoms with Crippen LogP contribution in [0.25, 0.3) is 17.0 Å². The number of halogens is 1. The van der Waals surface area contributed by atoms with Gasteiger partial charge >= 0.3 is 0 Å². The molecule has 2 aromatic carbocycles. The number of nitrogens with zero attached hydrogens (tertiary/aromatic N) is 4. The lowest BCUT2D eigenvalue weighted by Crippen LogP contribution is -2.15. The minimum absolute atomic E-state index is 0.147. The summed E-state index contributed by atoms with van der Waals surface area (Å²) in [6.07, 6.45) is 0. The number of fused-ring (bicyclic) bond motifs is 1. The summed E-state index contributed by atoms with van der Waals surface area (Å²) in [5.74, 6) is 1.81. The third-order valence-corrected chi connectivity index (χ3v) is 6.10. The normalized spacial score (nSPS) is 10.9. The number of ether oxygens (including phenoxy) is 2. The molecule has 1 N–H and O–H groups in total. The quantitative estimate of drug-likeness (QED) is 0.398. The van der Waals surface area contributed by atoms with Crippen molar-refractivity contribution in [1.82, 2.24) is 19.8 Å². The molecule has 4 aromatic rings. The zero-order valence-corrected chi connectivity index (χ0v) is 19.2. The number of methoxy groups -OCH3 is 2. The van der Waals surface area contributed by atoms with Crippen molar-refractivity contribution in [3.8, 4) is 22.9 Å². The summed E-state index contributed by atoms with van der Waals surface area (Å²) in [6.45, 7) is 1.86. The zero-order valence-electron chi connectivity index (χ0n) is 17.6. The van der Waals surface area contributed by atoms with Crippen LogP contribution >= 0.6 is 23.4 Å². The number of thioether (sulfide) groups is 1. The summed E-state index contributed by atoms with van der Waals surface area (Å²) in [5.41, 5.74) is 2.90. The molecule has 10 heteroatoms. The highest BCUT2D eigenvalue weighted by Crippen LogP contribution is 2.32. The molecule has 32 heavy (non-hydrogen) atoms. The summed E-state index contributed by atoms with van der Waals surface area (Å²) in [5, 5.41) is 17.2. The highest BCUT2D eigenvalue weighted by molar-refractivity contribution is 7.99. The number of amides is 1. The number of benzene rings is 2. The van der Waals surface area contributed by atoms with Crippen LogP contribution in [0.4, 0.5) is 5.69 Å². The molecule has 1 amide bonds. The average Bonchev–Trinajstić information content (AvgIpc) is 3.23. The molecule has 0 aliphatic carbocycles. The fourth-order valence-corrected chi connectivity index (χ4v) is 3.90. The average molecular weight is 470 g/mol. The van der Waals surface area contributed by atoms with E-state index in [-0.39, 0.29) is 11.7 Å². The summed E-state index contributed by atoms with van der Waals surface area (Å²) in [4.78, 5) is 12.4. The van der Waals surface area contributed by atoms with Crippen LogP contribution in [-0.4, -0.2) is 45.7 Å². The first-order valence-corrected chi connectivity index (χ1v) is 11.0. The first-order chi connectivity index (χ1) is 15.5. The lowest BCUT2D eigenvalue weighted by atomic mass is 10.2. The minimum atomic E-state index is -0.147. The number of hydrogen-bond donors (Lipinski definition) is 1. The maximum Gasteiger partial charge on any atom is 0.234 e. The Bertz CT molecular complexity index is 1290. The van der Waals surface area contributed by atoms with Gasteiger partial charge in [-0.2, -0.15) is 9.61 Å². The van der Waals surface area contributed by atoms with Gasteiger partial charge < -0.3 is 14.8 Å². The van der Waals surface area contributed by atoms with E-state index in [1.54, 1.807) is 36.9 Å². The predicted octanol–water partition coefficient (Wildman–Crippen LogP) is 4.50. The molecule has 8 nitrogen and oxygen atoms in total. The standard InChI is InChI=1S/C22H20ClN5O3S/c1-13-15(23)5-4-6-16(13)24-20(29)12-32-21-10-9-19-25-26-22(28(19)27-21)14-7-8-17(30-2)18(11-14)31-3/h4-11H,12H2,1-3H3,(H,24,29). The molecule has 0 radical (unpaired) electrons. The van der Waals surface area contributed by atoms with E-state index in [0.29, 0.717) is 38.7 Å². The van der Waals surface area contributed by atoms with Crippen molar-refractivity contribution < 1.29 is 14.3 Å².